The van der Waals surface area contributed by atoms with E-state index in [0.29, 0.717) is 22.5 Å². The second-order valence-corrected chi connectivity index (χ2v) is 5.80. The van der Waals surface area contributed by atoms with Crippen LogP contribution in [0.5, 0.6) is 0 Å². The fourth-order valence-electron chi connectivity index (χ4n) is 2.07. The van der Waals surface area contributed by atoms with Crippen LogP contribution in [0.25, 0.3) is 0 Å². The Morgan fingerprint density at radius 2 is 2.27 bits per heavy atom. The summed E-state index contributed by atoms with van der Waals surface area (Å²) in [4.78, 5) is 8.31. The highest BCUT2D eigenvalue weighted by Gasteiger charge is 2.10. The van der Waals surface area contributed by atoms with Crippen LogP contribution in [-0.2, 0) is 6.54 Å². The monoisotopic (exact) mass is 339 g/mol. The largest absolute Gasteiger partial charge is 0.370 e. The number of rotatable bonds is 6. The number of aliphatic imine (C=N–C) groups is 1. The van der Waals surface area contributed by atoms with Gasteiger partial charge in [0, 0.05) is 35.5 Å². The van der Waals surface area contributed by atoms with Crippen LogP contribution in [0.15, 0.2) is 41.9 Å². The quantitative estimate of drug-likeness (QED) is 0.482. The number of hydrogen-bond donors (Lipinski definition) is 2. The van der Waals surface area contributed by atoms with Crippen molar-refractivity contribution in [3.63, 3.8) is 0 Å². The van der Waals surface area contributed by atoms with E-state index < -0.39 is 0 Å². The van der Waals surface area contributed by atoms with Crippen LogP contribution in [0.4, 0.5) is 0 Å². The van der Waals surface area contributed by atoms with E-state index in [4.69, 9.17) is 28.9 Å². The maximum absolute atomic E-state index is 6.18. The van der Waals surface area contributed by atoms with Crippen LogP contribution in [-0.4, -0.2) is 22.1 Å². The van der Waals surface area contributed by atoms with Crippen LogP contribution >= 0.6 is 23.2 Å². The van der Waals surface area contributed by atoms with Gasteiger partial charge >= 0.3 is 0 Å². The van der Waals surface area contributed by atoms with Crippen molar-refractivity contribution >= 4 is 29.2 Å². The van der Waals surface area contributed by atoms with Gasteiger partial charge in [0.1, 0.15) is 0 Å². The van der Waals surface area contributed by atoms with Gasteiger partial charge in [-0.25, -0.2) is 4.98 Å². The maximum atomic E-state index is 6.18. The third-order valence-corrected chi connectivity index (χ3v) is 3.77. The van der Waals surface area contributed by atoms with Gasteiger partial charge in [0.15, 0.2) is 5.96 Å². The van der Waals surface area contributed by atoms with Gasteiger partial charge in [-0.05, 0) is 31.0 Å². The molecule has 0 aliphatic heterocycles. The lowest BCUT2D eigenvalue weighted by Crippen LogP contribution is -2.34. The zero-order valence-corrected chi connectivity index (χ0v) is 13.8. The molecule has 0 saturated heterocycles. The summed E-state index contributed by atoms with van der Waals surface area (Å²) in [5.74, 6) is 0.407. The number of aryl methyl sites for hydroxylation is 1. The van der Waals surface area contributed by atoms with Crippen LogP contribution in [0, 0.1) is 0 Å². The van der Waals surface area contributed by atoms with Crippen molar-refractivity contribution in [2.24, 2.45) is 10.7 Å². The molecule has 7 heteroatoms. The second kappa shape index (κ2) is 8.06. The maximum Gasteiger partial charge on any atom is 0.189 e. The Morgan fingerprint density at radius 1 is 1.45 bits per heavy atom. The van der Waals surface area contributed by atoms with E-state index in [1.807, 2.05) is 23.8 Å². The predicted molar refractivity (Wildman–Crippen MR) is 91.3 cm³/mol. The van der Waals surface area contributed by atoms with Crippen molar-refractivity contribution in [3.8, 4) is 0 Å². The lowest BCUT2D eigenvalue weighted by atomic mass is 10.1. The van der Waals surface area contributed by atoms with Gasteiger partial charge in [-0.3, -0.25) is 4.99 Å². The molecular weight excluding hydrogens is 321 g/mol. The molecule has 0 amide bonds. The van der Waals surface area contributed by atoms with E-state index in [1.165, 1.54) is 0 Å². The predicted octanol–water partition coefficient (Wildman–Crippen LogP) is 3.25. The van der Waals surface area contributed by atoms with Gasteiger partial charge < -0.3 is 15.6 Å². The molecule has 0 radical (unpaired) electrons. The highest BCUT2D eigenvalue weighted by molar-refractivity contribution is 6.35. The zero-order chi connectivity index (χ0) is 15.9. The average molecular weight is 340 g/mol. The minimum atomic E-state index is -0.0397. The number of nitrogens with one attached hydrogen (secondary N) is 1. The minimum Gasteiger partial charge on any atom is -0.370 e. The third-order valence-electron chi connectivity index (χ3n) is 3.21. The highest BCUT2D eigenvalue weighted by atomic mass is 35.5. The number of nitrogens with two attached hydrogens (primary N) is 1. The van der Waals surface area contributed by atoms with Crippen molar-refractivity contribution in [3.05, 3.63) is 52.5 Å². The highest BCUT2D eigenvalue weighted by Crippen LogP contribution is 2.25. The topological polar surface area (TPSA) is 68.2 Å². The second-order valence-electron chi connectivity index (χ2n) is 4.95. The van der Waals surface area contributed by atoms with Gasteiger partial charge in [-0.15, -0.1) is 0 Å². The van der Waals surface area contributed by atoms with Gasteiger partial charge in [0.25, 0.3) is 0 Å². The Morgan fingerprint density at radius 3 is 2.95 bits per heavy atom. The molecule has 0 saturated carbocycles. The standard InChI is InChI=1S/C15H19Cl2N5/c1-11(13-4-3-12(16)9-14(13)17)21-15(18)20-5-2-7-22-8-6-19-10-22/h3-4,6,8-11H,2,5,7H2,1H3,(H3,18,20,21). The first-order valence-corrected chi connectivity index (χ1v) is 7.79. The summed E-state index contributed by atoms with van der Waals surface area (Å²) in [5, 5.41) is 4.36. The number of halogens is 2. The van der Waals surface area contributed by atoms with Crippen molar-refractivity contribution in [2.75, 3.05) is 6.54 Å². The summed E-state index contributed by atoms with van der Waals surface area (Å²) < 4.78 is 2.01. The van der Waals surface area contributed by atoms with Gasteiger partial charge in [-0.2, -0.15) is 0 Å². The molecule has 2 rings (SSSR count). The Labute approximate surface area is 140 Å². The van der Waals surface area contributed by atoms with Crippen LogP contribution in [0.3, 0.4) is 0 Å². The zero-order valence-electron chi connectivity index (χ0n) is 12.3. The molecular formula is C15H19Cl2N5. The summed E-state index contributed by atoms with van der Waals surface area (Å²) >= 11 is 12.1. The van der Waals surface area contributed by atoms with Crippen molar-refractivity contribution in [2.45, 2.75) is 25.9 Å². The van der Waals surface area contributed by atoms with Crippen molar-refractivity contribution in [1.82, 2.24) is 14.9 Å². The molecule has 0 aliphatic rings. The molecule has 0 aliphatic carbocycles. The first kappa shape index (κ1) is 16.6. The van der Waals surface area contributed by atoms with Gasteiger partial charge in [0.05, 0.1) is 12.4 Å². The molecule has 3 N–H and O–H groups in total. The van der Waals surface area contributed by atoms with Crippen molar-refractivity contribution < 1.29 is 0 Å². The van der Waals surface area contributed by atoms with E-state index in [9.17, 15) is 0 Å². The molecule has 1 unspecified atom stereocenters. The van der Waals surface area contributed by atoms with Crippen LogP contribution < -0.4 is 11.1 Å². The Bertz CT molecular complexity index is 625. The number of benzene rings is 1. The Kier molecular flexibility index (Phi) is 6.10. The molecule has 22 heavy (non-hydrogen) atoms. The number of aromatic nitrogens is 2. The molecule has 118 valence electrons. The number of guanidine groups is 1. The summed E-state index contributed by atoms with van der Waals surface area (Å²) in [7, 11) is 0. The van der Waals surface area contributed by atoms with Gasteiger partial charge in [-0.1, -0.05) is 29.3 Å². The lowest BCUT2D eigenvalue weighted by molar-refractivity contribution is 0.645. The normalized spacial score (nSPS) is 13.1. The van der Waals surface area contributed by atoms with Crippen LogP contribution in [0.1, 0.15) is 24.9 Å². The average Bonchev–Trinajstić information content (AvgIpc) is 2.96. The first-order valence-electron chi connectivity index (χ1n) is 7.03. The molecule has 5 nitrogen and oxygen atoms in total. The molecule has 2 aromatic rings. The number of hydrogen-bond acceptors (Lipinski definition) is 2. The fourth-order valence-corrected chi connectivity index (χ4v) is 2.64. The van der Waals surface area contributed by atoms with Gasteiger partial charge in [0.2, 0.25) is 0 Å². The minimum absolute atomic E-state index is 0.0397. The third kappa shape index (κ3) is 4.93. The fraction of sp³-hybridized carbons (Fsp3) is 0.333. The number of nitrogens with zero attached hydrogens (tertiary/aromatic N) is 3. The molecule has 0 bridgehead atoms. The Hall–Kier alpha value is -1.72. The smallest absolute Gasteiger partial charge is 0.189 e. The number of imidazole rings is 1. The SMILES string of the molecule is CC(NC(N)=NCCCn1ccnc1)c1ccc(Cl)cc1Cl. The van der Waals surface area contributed by atoms with E-state index in [2.05, 4.69) is 15.3 Å². The molecule has 0 spiro atoms. The lowest BCUT2D eigenvalue weighted by Gasteiger charge is -2.16. The first-order chi connectivity index (χ1) is 10.6. The Balaban J connectivity index is 1.82. The molecule has 1 atom stereocenters. The van der Waals surface area contributed by atoms with E-state index in [0.717, 1.165) is 18.5 Å². The van der Waals surface area contributed by atoms with Crippen LogP contribution in [0.2, 0.25) is 10.0 Å². The van der Waals surface area contributed by atoms with E-state index >= 15 is 0 Å². The summed E-state index contributed by atoms with van der Waals surface area (Å²) in [6.45, 7) is 3.50. The molecule has 1 heterocycles. The van der Waals surface area contributed by atoms with Crippen molar-refractivity contribution in [1.29, 1.82) is 0 Å². The molecule has 1 aromatic carbocycles. The summed E-state index contributed by atoms with van der Waals surface area (Å²) in [6.07, 6.45) is 6.37. The summed E-state index contributed by atoms with van der Waals surface area (Å²) in [6, 6.07) is 5.37. The molecule has 0 fully saturated rings. The van der Waals surface area contributed by atoms with E-state index in [1.54, 1.807) is 24.7 Å². The van der Waals surface area contributed by atoms with E-state index in [-0.39, 0.29) is 6.04 Å². The summed E-state index contributed by atoms with van der Waals surface area (Å²) in [5.41, 5.74) is 6.83. The molecule has 1 aromatic heterocycles.